The Bertz CT molecular complexity index is 786. The maximum absolute atomic E-state index is 12.2. The molecule has 3 heteroatoms. The van der Waals surface area contributed by atoms with Gasteiger partial charge in [0.25, 0.3) is 0 Å². The second-order valence-corrected chi connectivity index (χ2v) is 5.34. The number of carbonyl (C=O) groups is 2. The molecule has 1 aliphatic rings. The number of esters is 1. The van der Waals surface area contributed by atoms with Crippen molar-refractivity contribution in [3.8, 4) is 0 Å². The summed E-state index contributed by atoms with van der Waals surface area (Å²) < 4.78 is 5.43. The minimum Gasteiger partial charge on any atom is -0.449 e. The van der Waals surface area contributed by atoms with Crippen molar-refractivity contribution >= 4 is 11.8 Å². The first-order valence-corrected chi connectivity index (χ1v) is 7.41. The van der Waals surface area contributed by atoms with Crippen LogP contribution < -0.4 is 0 Å². The number of ketones is 1. The van der Waals surface area contributed by atoms with Gasteiger partial charge in [-0.15, -0.1) is 0 Å². The van der Waals surface area contributed by atoms with Crippen LogP contribution in [0.3, 0.4) is 0 Å². The highest BCUT2D eigenvalue weighted by Gasteiger charge is 2.31. The molecule has 2 aromatic rings. The number of hydrogen-bond donors (Lipinski definition) is 0. The van der Waals surface area contributed by atoms with Crippen molar-refractivity contribution in [3.63, 3.8) is 0 Å². The third kappa shape index (κ3) is 3.14. The van der Waals surface area contributed by atoms with E-state index in [0.29, 0.717) is 11.1 Å². The van der Waals surface area contributed by atoms with Crippen LogP contribution in [0.15, 0.2) is 84.0 Å². The van der Waals surface area contributed by atoms with Gasteiger partial charge >= 0.3 is 5.97 Å². The van der Waals surface area contributed by atoms with E-state index in [-0.39, 0.29) is 11.8 Å². The molecule has 0 saturated carbocycles. The zero-order valence-corrected chi connectivity index (χ0v) is 12.7. The minimum atomic E-state index is -0.455. The van der Waals surface area contributed by atoms with Crippen LogP contribution in [0.1, 0.15) is 28.9 Å². The summed E-state index contributed by atoms with van der Waals surface area (Å²) in [4.78, 5) is 24.1. The Balaban J connectivity index is 1.88. The van der Waals surface area contributed by atoms with Gasteiger partial charge in [-0.05, 0) is 18.6 Å². The number of ether oxygens (including phenoxy) is 1. The first kappa shape index (κ1) is 15.0. The zero-order valence-electron chi connectivity index (χ0n) is 12.7. The van der Waals surface area contributed by atoms with Crippen LogP contribution in [-0.4, -0.2) is 11.8 Å². The number of allylic oxidation sites excluding steroid dienone is 1. The highest BCUT2D eigenvalue weighted by molar-refractivity contribution is 6.05. The average Bonchev–Trinajstić information content (AvgIpc) is 2.89. The van der Waals surface area contributed by atoms with E-state index in [2.05, 4.69) is 0 Å². The summed E-state index contributed by atoms with van der Waals surface area (Å²) in [5.41, 5.74) is 2.77. The molecule has 114 valence electrons. The first-order valence-electron chi connectivity index (χ1n) is 7.41. The quantitative estimate of drug-likeness (QED) is 0.486. The fourth-order valence-corrected chi connectivity index (χ4v) is 2.53. The second kappa shape index (κ2) is 6.44. The van der Waals surface area contributed by atoms with Gasteiger partial charge in [-0.25, -0.2) is 4.79 Å². The van der Waals surface area contributed by atoms with Crippen molar-refractivity contribution in [1.29, 1.82) is 0 Å². The van der Waals surface area contributed by atoms with Gasteiger partial charge in [-0.2, -0.15) is 0 Å². The fraction of sp³-hybridized carbons (Fsp3) is 0.100. The van der Waals surface area contributed by atoms with Crippen molar-refractivity contribution in [2.24, 2.45) is 0 Å². The molecule has 1 atom stereocenters. The summed E-state index contributed by atoms with van der Waals surface area (Å²) in [6.07, 6.45) is 2.72. The summed E-state index contributed by atoms with van der Waals surface area (Å²) in [7, 11) is 0. The number of carbonyl (C=O) groups excluding carboxylic acids is 2. The molecule has 23 heavy (non-hydrogen) atoms. The summed E-state index contributed by atoms with van der Waals surface area (Å²) in [6.45, 7) is 1.72. The smallest absolute Gasteiger partial charge is 0.335 e. The molecule has 1 aliphatic heterocycles. The third-order valence-corrected chi connectivity index (χ3v) is 3.82. The Morgan fingerprint density at radius 1 is 1.00 bits per heavy atom. The number of rotatable bonds is 4. The van der Waals surface area contributed by atoms with E-state index in [9.17, 15) is 9.59 Å². The van der Waals surface area contributed by atoms with Crippen LogP contribution in [0.4, 0.5) is 0 Å². The molecule has 0 spiro atoms. The lowest BCUT2D eigenvalue weighted by molar-refractivity contribution is -0.139. The average molecular weight is 304 g/mol. The normalized spacial score (nSPS) is 17.6. The summed E-state index contributed by atoms with van der Waals surface area (Å²) in [5, 5.41) is 0. The maximum atomic E-state index is 12.2. The van der Waals surface area contributed by atoms with Crippen LogP contribution >= 0.6 is 0 Å². The molecule has 2 aromatic carbocycles. The largest absolute Gasteiger partial charge is 0.449 e. The van der Waals surface area contributed by atoms with Crippen molar-refractivity contribution in [2.75, 3.05) is 0 Å². The van der Waals surface area contributed by atoms with E-state index in [1.165, 1.54) is 6.08 Å². The topological polar surface area (TPSA) is 43.4 Å². The van der Waals surface area contributed by atoms with Crippen LogP contribution in [0.2, 0.25) is 0 Å². The Morgan fingerprint density at radius 2 is 1.61 bits per heavy atom. The molecular weight excluding hydrogens is 288 g/mol. The molecule has 1 heterocycles. The van der Waals surface area contributed by atoms with E-state index >= 15 is 0 Å². The fourth-order valence-electron chi connectivity index (χ4n) is 2.53. The minimum absolute atomic E-state index is 0.0999. The van der Waals surface area contributed by atoms with Gasteiger partial charge < -0.3 is 4.74 Å². The standard InChI is InChI=1S/C20H16O3/c1-14-17(12-13-18(21)15-8-4-2-5-9-15)19(23-20(14)22)16-10-6-3-7-11-16/h2-13,19H,1H3/b13-12+/t19-/m1/s1. The Morgan fingerprint density at radius 3 is 2.26 bits per heavy atom. The molecule has 0 amide bonds. The number of cyclic esters (lactones) is 1. The lowest BCUT2D eigenvalue weighted by Gasteiger charge is -2.12. The van der Waals surface area contributed by atoms with Gasteiger partial charge in [0.2, 0.25) is 0 Å². The van der Waals surface area contributed by atoms with Crippen molar-refractivity contribution in [2.45, 2.75) is 13.0 Å². The van der Waals surface area contributed by atoms with E-state index in [4.69, 9.17) is 4.74 Å². The Labute approximate surface area is 134 Å². The molecule has 0 bridgehead atoms. The SMILES string of the molecule is CC1=C(/C=C/C(=O)c2ccccc2)[C@@H](c2ccccc2)OC1=O. The van der Waals surface area contributed by atoms with Crippen molar-refractivity contribution in [3.05, 3.63) is 95.1 Å². The van der Waals surface area contributed by atoms with Crippen LogP contribution in [0.25, 0.3) is 0 Å². The number of hydrogen-bond acceptors (Lipinski definition) is 3. The molecule has 0 N–H and O–H groups in total. The van der Waals surface area contributed by atoms with Gasteiger partial charge in [0.05, 0.1) is 0 Å². The number of benzene rings is 2. The van der Waals surface area contributed by atoms with Crippen LogP contribution in [-0.2, 0) is 9.53 Å². The molecule has 0 unspecified atom stereocenters. The summed E-state index contributed by atoms with van der Waals surface area (Å²) in [5.74, 6) is -0.442. The second-order valence-electron chi connectivity index (χ2n) is 5.34. The lowest BCUT2D eigenvalue weighted by Crippen LogP contribution is -2.02. The molecule has 0 aliphatic carbocycles. The van der Waals surface area contributed by atoms with Crippen LogP contribution in [0, 0.1) is 0 Å². The zero-order chi connectivity index (χ0) is 16.2. The maximum Gasteiger partial charge on any atom is 0.335 e. The summed E-state index contributed by atoms with van der Waals surface area (Å²) in [6, 6.07) is 18.5. The van der Waals surface area contributed by atoms with E-state index in [1.807, 2.05) is 48.5 Å². The molecule has 3 rings (SSSR count). The molecule has 0 aromatic heterocycles. The van der Waals surface area contributed by atoms with Gasteiger partial charge in [0, 0.05) is 16.7 Å². The molecule has 0 fully saturated rings. The molecule has 0 saturated heterocycles. The van der Waals surface area contributed by atoms with E-state index in [0.717, 1.165) is 11.1 Å². The first-order chi connectivity index (χ1) is 11.2. The van der Waals surface area contributed by atoms with Gasteiger partial charge in [0.15, 0.2) is 11.9 Å². The van der Waals surface area contributed by atoms with Crippen molar-refractivity contribution < 1.29 is 14.3 Å². The van der Waals surface area contributed by atoms with Crippen LogP contribution in [0.5, 0.6) is 0 Å². The van der Waals surface area contributed by atoms with E-state index < -0.39 is 6.10 Å². The van der Waals surface area contributed by atoms with Gasteiger partial charge in [-0.1, -0.05) is 66.7 Å². The van der Waals surface area contributed by atoms with Crippen molar-refractivity contribution in [1.82, 2.24) is 0 Å². The summed E-state index contributed by atoms with van der Waals surface area (Å²) >= 11 is 0. The Kier molecular flexibility index (Phi) is 4.20. The highest BCUT2D eigenvalue weighted by Crippen LogP contribution is 2.35. The predicted octanol–water partition coefficient (Wildman–Crippen LogP) is 4.04. The highest BCUT2D eigenvalue weighted by atomic mass is 16.5. The molecular formula is C20H16O3. The van der Waals surface area contributed by atoms with E-state index in [1.54, 1.807) is 25.1 Å². The van der Waals surface area contributed by atoms with Gasteiger partial charge in [-0.3, -0.25) is 4.79 Å². The predicted molar refractivity (Wildman–Crippen MR) is 87.9 cm³/mol. The molecule has 3 nitrogen and oxygen atoms in total. The molecule has 0 radical (unpaired) electrons. The Hall–Kier alpha value is -2.94. The third-order valence-electron chi connectivity index (χ3n) is 3.82. The lowest BCUT2D eigenvalue weighted by atomic mass is 9.98. The van der Waals surface area contributed by atoms with Gasteiger partial charge in [0.1, 0.15) is 0 Å². The monoisotopic (exact) mass is 304 g/mol.